The topological polar surface area (TPSA) is 29.3 Å². The van der Waals surface area contributed by atoms with Crippen LogP contribution in [-0.4, -0.2) is 31.1 Å². The Morgan fingerprint density at radius 3 is 2.46 bits per heavy atom. The van der Waals surface area contributed by atoms with E-state index < -0.39 is 0 Å². The first kappa shape index (κ1) is 11.0. The van der Waals surface area contributed by atoms with Crippen LogP contribution in [0.4, 0.5) is 0 Å². The average molecular weight is 184 g/mol. The molecule has 1 saturated heterocycles. The van der Waals surface area contributed by atoms with E-state index in [4.69, 9.17) is 5.73 Å². The van der Waals surface area contributed by atoms with Crippen LogP contribution >= 0.6 is 0 Å². The fourth-order valence-electron chi connectivity index (χ4n) is 2.04. The van der Waals surface area contributed by atoms with Crippen molar-refractivity contribution in [2.75, 3.05) is 26.2 Å². The standard InChI is InChI=1S/C11H24N2/c1-2-11(10-12)6-9-13-7-4-3-5-8-13/h11H,2-10,12H2,1H3. The second-order valence-electron chi connectivity index (χ2n) is 4.20. The van der Waals surface area contributed by atoms with Crippen LogP contribution in [0.1, 0.15) is 39.0 Å². The highest BCUT2D eigenvalue weighted by atomic mass is 15.1. The molecule has 0 amide bonds. The summed E-state index contributed by atoms with van der Waals surface area (Å²) in [6.07, 6.45) is 6.78. The zero-order valence-electron chi connectivity index (χ0n) is 8.97. The SMILES string of the molecule is CCC(CN)CCN1CCCCC1. The predicted molar refractivity (Wildman–Crippen MR) is 57.7 cm³/mol. The first-order valence-electron chi connectivity index (χ1n) is 5.79. The van der Waals surface area contributed by atoms with Crippen molar-refractivity contribution < 1.29 is 0 Å². The summed E-state index contributed by atoms with van der Waals surface area (Å²) in [5.74, 6) is 0.752. The van der Waals surface area contributed by atoms with Crippen molar-refractivity contribution in [3.63, 3.8) is 0 Å². The molecule has 1 fully saturated rings. The number of hydrogen-bond acceptors (Lipinski definition) is 2. The lowest BCUT2D eigenvalue weighted by molar-refractivity contribution is 0.212. The van der Waals surface area contributed by atoms with Gasteiger partial charge in [-0.05, 0) is 51.4 Å². The third-order valence-corrected chi connectivity index (χ3v) is 3.21. The van der Waals surface area contributed by atoms with Crippen molar-refractivity contribution in [1.29, 1.82) is 0 Å². The minimum atomic E-state index is 0.752. The van der Waals surface area contributed by atoms with E-state index >= 15 is 0 Å². The van der Waals surface area contributed by atoms with Crippen molar-refractivity contribution >= 4 is 0 Å². The van der Waals surface area contributed by atoms with Gasteiger partial charge >= 0.3 is 0 Å². The van der Waals surface area contributed by atoms with Gasteiger partial charge in [-0.2, -0.15) is 0 Å². The Bertz CT molecular complexity index is 115. The van der Waals surface area contributed by atoms with Gasteiger partial charge in [0, 0.05) is 0 Å². The lowest BCUT2D eigenvalue weighted by Gasteiger charge is -2.27. The molecule has 0 aromatic carbocycles. The second-order valence-corrected chi connectivity index (χ2v) is 4.20. The van der Waals surface area contributed by atoms with Gasteiger partial charge in [0.25, 0.3) is 0 Å². The predicted octanol–water partition coefficient (Wildman–Crippen LogP) is 1.85. The van der Waals surface area contributed by atoms with Crippen LogP contribution in [-0.2, 0) is 0 Å². The zero-order valence-corrected chi connectivity index (χ0v) is 8.97. The fraction of sp³-hybridized carbons (Fsp3) is 1.00. The van der Waals surface area contributed by atoms with Crippen LogP contribution in [0.5, 0.6) is 0 Å². The summed E-state index contributed by atoms with van der Waals surface area (Å²) in [5, 5.41) is 0. The molecule has 0 aromatic rings. The number of nitrogens with zero attached hydrogens (tertiary/aromatic N) is 1. The van der Waals surface area contributed by atoms with E-state index in [0.717, 1.165) is 12.5 Å². The lowest BCUT2D eigenvalue weighted by atomic mass is 10.0. The number of rotatable bonds is 5. The first-order valence-corrected chi connectivity index (χ1v) is 5.79. The summed E-state index contributed by atoms with van der Waals surface area (Å²) in [6.45, 7) is 7.02. The molecule has 0 saturated carbocycles. The maximum Gasteiger partial charge on any atom is -0.00156 e. The van der Waals surface area contributed by atoms with Crippen LogP contribution < -0.4 is 5.73 Å². The Hall–Kier alpha value is -0.0800. The number of piperidine rings is 1. The summed E-state index contributed by atoms with van der Waals surface area (Å²) in [5.41, 5.74) is 5.68. The maximum absolute atomic E-state index is 5.68. The van der Waals surface area contributed by atoms with E-state index in [1.165, 1.54) is 51.7 Å². The summed E-state index contributed by atoms with van der Waals surface area (Å²) < 4.78 is 0. The molecule has 1 rings (SSSR count). The minimum absolute atomic E-state index is 0.752. The average Bonchev–Trinajstić information content (AvgIpc) is 2.21. The Morgan fingerprint density at radius 2 is 1.92 bits per heavy atom. The van der Waals surface area contributed by atoms with Crippen LogP contribution in [0.25, 0.3) is 0 Å². The molecule has 2 nitrogen and oxygen atoms in total. The molecule has 1 atom stereocenters. The van der Waals surface area contributed by atoms with E-state index in [1.807, 2.05) is 0 Å². The summed E-state index contributed by atoms with van der Waals surface area (Å²) in [7, 11) is 0. The summed E-state index contributed by atoms with van der Waals surface area (Å²) in [4.78, 5) is 2.60. The van der Waals surface area contributed by atoms with E-state index in [-0.39, 0.29) is 0 Å². The smallest absolute Gasteiger partial charge is 0.00156 e. The van der Waals surface area contributed by atoms with Crippen molar-refractivity contribution in [2.45, 2.75) is 39.0 Å². The lowest BCUT2D eigenvalue weighted by Crippen LogP contribution is -2.32. The Balaban J connectivity index is 2.09. The highest BCUT2D eigenvalue weighted by molar-refractivity contribution is 4.67. The molecule has 0 aromatic heterocycles. The van der Waals surface area contributed by atoms with Crippen molar-refractivity contribution in [3.05, 3.63) is 0 Å². The largest absolute Gasteiger partial charge is 0.330 e. The monoisotopic (exact) mass is 184 g/mol. The summed E-state index contributed by atoms with van der Waals surface area (Å²) >= 11 is 0. The van der Waals surface area contributed by atoms with Gasteiger partial charge in [0.1, 0.15) is 0 Å². The van der Waals surface area contributed by atoms with Gasteiger partial charge in [-0.25, -0.2) is 0 Å². The van der Waals surface area contributed by atoms with Crippen LogP contribution in [0.2, 0.25) is 0 Å². The van der Waals surface area contributed by atoms with Crippen LogP contribution in [0.15, 0.2) is 0 Å². The quantitative estimate of drug-likeness (QED) is 0.706. The molecule has 0 radical (unpaired) electrons. The van der Waals surface area contributed by atoms with Gasteiger partial charge in [0.05, 0.1) is 0 Å². The highest BCUT2D eigenvalue weighted by Crippen LogP contribution is 2.12. The van der Waals surface area contributed by atoms with Gasteiger partial charge < -0.3 is 10.6 Å². The molecule has 78 valence electrons. The molecular weight excluding hydrogens is 160 g/mol. The fourth-order valence-corrected chi connectivity index (χ4v) is 2.04. The third kappa shape index (κ3) is 4.10. The van der Waals surface area contributed by atoms with Gasteiger partial charge in [-0.15, -0.1) is 0 Å². The van der Waals surface area contributed by atoms with Crippen molar-refractivity contribution in [1.82, 2.24) is 4.90 Å². The van der Waals surface area contributed by atoms with Gasteiger partial charge in [0.2, 0.25) is 0 Å². The number of hydrogen-bond donors (Lipinski definition) is 1. The maximum atomic E-state index is 5.68. The third-order valence-electron chi connectivity index (χ3n) is 3.21. The second kappa shape index (κ2) is 6.39. The van der Waals surface area contributed by atoms with Gasteiger partial charge in [-0.1, -0.05) is 19.8 Å². The normalized spacial score (nSPS) is 21.7. The molecule has 1 aliphatic heterocycles. The molecular formula is C11H24N2. The molecule has 1 unspecified atom stereocenters. The zero-order chi connectivity index (χ0) is 9.52. The number of likely N-dealkylation sites (tertiary alicyclic amines) is 1. The van der Waals surface area contributed by atoms with E-state index in [9.17, 15) is 0 Å². The highest BCUT2D eigenvalue weighted by Gasteiger charge is 2.11. The van der Waals surface area contributed by atoms with E-state index in [1.54, 1.807) is 0 Å². The summed E-state index contributed by atoms with van der Waals surface area (Å²) in [6, 6.07) is 0. The van der Waals surface area contributed by atoms with E-state index in [2.05, 4.69) is 11.8 Å². The molecule has 2 heteroatoms. The molecule has 2 N–H and O–H groups in total. The molecule has 0 aliphatic carbocycles. The van der Waals surface area contributed by atoms with Gasteiger partial charge in [-0.3, -0.25) is 0 Å². The van der Waals surface area contributed by atoms with E-state index in [0.29, 0.717) is 0 Å². The van der Waals surface area contributed by atoms with Gasteiger partial charge in [0.15, 0.2) is 0 Å². The number of nitrogens with two attached hydrogens (primary N) is 1. The Labute approximate surface area is 82.5 Å². The first-order chi connectivity index (χ1) is 6.36. The van der Waals surface area contributed by atoms with Crippen LogP contribution in [0.3, 0.4) is 0 Å². The molecule has 1 aliphatic rings. The van der Waals surface area contributed by atoms with Crippen LogP contribution in [0, 0.1) is 5.92 Å². The Kier molecular flexibility index (Phi) is 5.40. The molecule has 1 heterocycles. The van der Waals surface area contributed by atoms with Crippen molar-refractivity contribution in [3.8, 4) is 0 Å². The molecule has 0 spiro atoms. The van der Waals surface area contributed by atoms with Crippen molar-refractivity contribution in [2.24, 2.45) is 11.7 Å². The molecule has 0 bridgehead atoms. The minimum Gasteiger partial charge on any atom is -0.330 e. The Morgan fingerprint density at radius 1 is 1.23 bits per heavy atom. The molecule has 13 heavy (non-hydrogen) atoms.